The van der Waals surface area contributed by atoms with Gasteiger partial charge < -0.3 is 19.5 Å². The first-order valence-electron chi connectivity index (χ1n) is 6.36. The van der Waals surface area contributed by atoms with Crippen LogP contribution in [-0.4, -0.2) is 48.2 Å². The van der Waals surface area contributed by atoms with Crippen LogP contribution in [0.15, 0.2) is 24.3 Å². The fraction of sp³-hybridized carbons (Fsp3) is 0.429. The van der Waals surface area contributed by atoms with Crippen LogP contribution in [0.3, 0.4) is 0 Å². The van der Waals surface area contributed by atoms with Crippen LogP contribution in [0.5, 0.6) is 5.75 Å². The summed E-state index contributed by atoms with van der Waals surface area (Å²) in [6.45, 7) is 2.05. The van der Waals surface area contributed by atoms with Gasteiger partial charge in [0.2, 0.25) is 5.91 Å². The van der Waals surface area contributed by atoms with E-state index in [4.69, 9.17) is 9.47 Å². The van der Waals surface area contributed by atoms with Crippen LogP contribution in [0.1, 0.15) is 18.5 Å². The third-order valence-electron chi connectivity index (χ3n) is 3.37. The molecule has 1 saturated heterocycles. The fourth-order valence-corrected chi connectivity index (χ4v) is 2.39. The lowest BCUT2D eigenvalue weighted by Crippen LogP contribution is -2.51. The topological polar surface area (TPSA) is 76.1 Å². The third kappa shape index (κ3) is 2.60. The minimum Gasteiger partial charge on any atom is -0.497 e. The third-order valence-corrected chi connectivity index (χ3v) is 3.37. The van der Waals surface area contributed by atoms with Gasteiger partial charge in [-0.05, 0) is 24.6 Å². The first-order valence-corrected chi connectivity index (χ1v) is 6.36. The van der Waals surface area contributed by atoms with Gasteiger partial charge in [0.15, 0.2) is 6.10 Å². The smallest absolute Gasteiger partial charge is 0.335 e. The number of likely N-dealkylation sites (N-methyl/N-ethyl adjacent to an activating group) is 1. The van der Waals surface area contributed by atoms with Crippen LogP contribution >= 0.6 is 0 Å². The van der Waals surface area contributed by atoms with Crippen LogP contribution in [0.4, 0.5) is 0 Å². The molecule has 0 spiro atoms. The van der Waals surface area contributed by atoms with Gasteiger partial charge in [-0.1, -0.05) is 12.1 Å². The summed E-state index contributed by atoms with van der Waals surface area (Å²) in [7, 11) is 1.56. The highest BCUT2D eigenvalue weighted by Gasteiger charge is 2.41. The number of carboxylic acid groups (broad SMARTS) is 1. The second kappa shape index (κ2) is 5.92. The summed E-state index contributed by atoms with van der Waals surface area (Å²) in [5.41, 5.74) is 0.716. The maximum atomic E-state index is 11.9. The minimum atomic E-state index is -1.07. The Morgan fingerprint density at radius 1 is 1.45 bits per heavy atom. The Morgan fingerprint density at radius 3 is 2.60 bits per heavy atom. The second-order valence-electron chi connectivity index (χ2n) is 4.47. The Balaban J connectivity index is 2.38. The van der Waals surface area contributed by atoms with E-state index in [0.29, 0.717) is 17.9 Å². The van der Waals surface area contributed by atoms with Crippen molar-refractivity contribution in [3.05, 3.63) is 29.8 Å². The number of hydrogen-bond donors (Lipinski definition) is 1. The van der Waals surface area contributed by atoms with E-state index < -0.39 is 18.1 Å². The maximum absolute atomic E-state index is 11.9. The highest BCUT2D eigenvalue weighted by Crippen LogP contribution is 2.31. The molecule has 1 aromatic carbocycles. The Hall–Kier alpha value is -2.08. The molecule has 1 amide bonds. The van der Waals surface area contributed by atoms with E-state index in [2.05, 4.69) is 0 Å². The van der Waals surface area contributed by atoms with Crippen molar-refractivity contribution in [3.63, 3.8) is 0 Å². The lowest BCUT2D eigenvalue weighted by atomic mass is 9.97. The summed E-state index contributed by atoms with van der Waals surface area (Å²) >= 11 is 0. The molecule has 0 radical (unpaired) electrons. The van der Waals surface area contributed by atoms with Gasteiger partial charge in [-0.2, -0.15) is 0 Å². The monoisotopic (exact) mass is 279 g/mol. The molecule has 1 aliphatic rings. The SMILES string of the molecule is CCN1C(=O)COC(C(=O)O)C1c1ccc(OC)cc1. The molecule has 2 atom stereocenters. The van der Waals surface area contributed by atoms with Gasteiger partial charge >= 0.3 is 5.97 Å². The number of aliphatic carboxylic acids is 1. The summed E-state index contributed by atoms with van der Waals surface area (Å²) in [6, 6.07) is 6.36. The lowest BCUT2D eigenvalue weighted by molar-refractivity contribution is -0.172. The zero-order valence-corrected chi connectivity index (χ0v) is 11.4. The van der Waals surface area contributed by atoms with Crippen LogP contribution in [-0.2, 0) is 14.3 Å². The van der Waals surface area contributed by atoms with Crippen LogP contribution in [0.25, 0.3) is 0 Å². The van der Waals surface area contributed by atoms with Crippen LogP contribution < -0.4 is 4.74 Å². The number of methoxy groups -OCH3 is 1. The van der Waals surface area contributed by atoms with Gasteiger partial charge in [-0.15, -0.1) is 0 Å². The molecule has 0 aromatic heterocycles. The molecule has 1 fully saturated rings. The summed E-state index contributed by atoms with van der Waals surface area (Å²) in [6.07, 6.45) is -1.05. The molecule has 6 nitrogen and oxygen atoms in total. The summed E-state index contributed by atoms with van der Waals surface area (Å²) in [5.74, 6) is -0.602. The van der Waals surface area contributed by atoms with E-state index in [9.17, 15) is 14.7 Å². The van der Waals surface area contributed by atoms with Crippen LogP contribution in [0.2, 0.25) is 0 Å². The van der Waals surface area contributed by atoms with Crippen molar-refractivity contribution < 1.29 is 24.2 Å². The molecule has 2 rings (SSSR count). The van der Waals surface area contributed by atoms with Crippen molar-refractivity contribution in [3.8, 4) is 5.75 Å². The molecule has 0 aliphatic carbocycles. The fourth-order valence-electron chi connectivity index (χ4n) is 2.39. The molecule has 1 aliphatic heterocycles. The number of morpholine rings is 1. The number of carbonyl (C=O) groups is 2. The maximum Gasteiger partial charge on any atom is 0.335 e. The number of rotatable bonds is 4. The second-order valence-corrected chi connectivity index (χ2v) is 4.47. The normalized spacial score (nSPS) is 22.7. The van der Waals surface area contributed by atoms with Gasteiger partial charge in [0.05, 0.1) is 13.2 Å². The van der Waals surface area contributed by atoms with E-state index >= 15 is 0 Å². The van der Waals surface area contributed by atoms with Crippen LogP contribution in [0, 0.1) is 0 Å². The molecule has 1 N–H and O–H groups in total. The number of carbonyl (C=O) groups excluding carboxylic acids is 1. The average Bonchev–Trinajstić information content (AvgIpc) is 2.46. The predicted molar refractivity (Wildman–Crippen MR) is 70.5 cm³/mol. The minimum absolute atomic E-state index is 0.197. The largest absolute Gasteiger partial charge is 0.497 e. The highest BCUT2D eigenvalue weighted by molar-refractivity contribution is 5.83. The van der Waals surface area contributed by atoms with Crippen molar-refractivity contribution >= 4 is 11.9 Å². The van der Waals surface area contributed by atoms with Crippen molar-refractivity contribution in [1.29, 1.82) is 0 Å². The summed E-state index contributed by atoms with van der Waals surface area (Å²) < 4.78 is 10.3. The Bertz CT molecular complexity index is 497. The van der Waals surface area contributed by atoms with Crippen molar-refractivity contribution in [2.24, 2.45) is 0 Å². The lowest BCUT2D eigenvalue weighted by Gasteiger charge is -2.38. The molecule has 0 saturated carbocycles. The molecule has 6 heteroatoms. The van der Waals surface area contributed by atoms with E-state index in [1.807, 2.05) is 6.92 Å². The molecular formula is C14H17NO5. The summed E-state index contributed by atoms with van der Waals surface area (Å²) in [4.78, 5) is 24.8. The van der Waals surface area contributed by atoms with Gasteiger partial charge in [-0.3, -0.25) is 4.79 Å². The van der Waals surface area contributed by atoms with Gasteiger partial charge in [-0.25, -0.2) is 4.79 Å². The molecule has 1 heterocycles. The van der Waals surface area contributed by atoms with E-state index in [1.165, 1.54) is 4.90 Å². The molecule has 0 bridgehead atoms. The average molecular weight is 279 g/mol. The first kappa shape index (κ1) is 14.3. The number of ether oxygens (including phenoxy) is 2. The van der Waals surface area contributed by atoms with Crippen molar-refractivity contribution in [2.75, 3.05) is 20.3 Å². The summed E-state index contributed by atoms with van der Waals surface area (Å²) in [5, 5.41) is 9.28. The number of nitrogens with zero attached hydrogens (tertiary/aromatic N) is 1. The number of benzene rings is 1. The van der Waals surface area contributed by atoms with Gasteiger partial charge in [0, 0.05) is 6.54 Å². The van der Waals surface area contributed by atoms with Gasteiger partial charge in [0.1, 0.15) is 12.4 Å². The molecule has 1 aromatic rings. The van der Waals surface area contributed by atoms with E-state index in [1.54, 1.807) is 31.4 Å². The first-order chi connectivity index (χ1) is 9.58. The predicted octanol–water partition coefficient (Wildman–Crippen LogP) is 1.07. The Kier molecular flexibility index (Phi) is 4.24. The highest BCUT2D eigenvalue weighted by atomic mass is 16.5. The zero-order valence-electron chi connectivity index (χ0n) is 11.4. The number of hydrogen-bond acceptors (Lipinski definition) is 4. The standard InChI is InChI=1S/C14H17NO5/c1-3-15-11(16)8-20-13(14(17)18)12(15)9-4-6-10(19-2)7-5-9/h4-7,12-13H,3,8H2,1-2H3,(H,17,18). The zero-order chi connectivity index (χ0) is 14.7. The van der Waals surface area contributed by atoms with Crippen molar-refractivity contribution in [2.45, 2.75) is 19.1 Å². The Labute approximate surface area is 116 Å². The van der Waals surface area contributed by atoms with E-state index in [-0.39, 0.29) is 12.5 Å². The molecule has 108 valence electrons. The quantitative estimate of drug-likeness (QED) is 0.892. The number of amides is 1. The number of carboxylic acids is 1. The van der Waals surface area contributed by atoms with E-state index in [0.717, 1.165) is 0 Å². The Morgan fingerprint density at radius 2 is 2.10 bits per heavy atom. The van der Waals surface area contributed by atoms with Crippen molar-refractivity contribution in [1.82, 2.24) is 4.90 Å². The molecular weight excluding hydrogens is 262 g/mol. The van der Waals surface area contributed by atoms with Gasteiger partial charge in [0.25, 0.3) is 0 Å². The molecule has 2 unspecified atom stereocenters. The molecule has 20 heavy (non-hydrogen) atoms.